The standard InChI is InChI=1S/C24H37N3/c1-15(2)19-11-9-12-20(16(3)4)23(19)25-27-26-24-21(17(5)6)13-10-14-22(24)18(7)8/h9-18,25-27H,1-8H3. The lowest BCUT2D eigenvalue weighted by Crippen LogP contribution is -2.31. The summed E-state index contributed by atoms with van der Waals surface area (Å²) in [5, 5.41) is 0. The van der Waals surface area contributed by atoms with Crippen LogP contribution in [0.15, 0.2) is 36.4 Å². The number of anilines is 2. The summed E-state index contributed by atoms with van der Waals surface area (Å²) in [5.74, 6) is 1.84. The molecule has 0 aliphatic rings. The van der Waals surface area contributed by atoms with E-state index in [4.69, 9.17) is 0 Å². The van der Waals surface area contributed by atoms with Crippen molar-refractivity contribution in [2.45, 2.75) is 79.1 Å². The van der Waals surface area contributed by atoms with E-state index in [-0.39, 0.29) is 0 Å². The van der Waals surface area contributed by atoms with Crippen LogP contribution in [0.3, 0.4) is 0 Å². The molecule has 2 aromatic carbocycles. The minimum atomic E-state index is 0.460. The first kappa shape index (κ1) is 21.3. The summed E-state index contributed by atoms with van der Waals surface area (Å²) in [6, 6.07) is 13.2. The third-order valence-electron chi connectivity index (χ3n) is 5.12. The van der Waals surface area contributed by atoms with Gasteiger partial charge in [0.25, 0.3) is 0 Å². The van der Waals surface area contributed by atoms with Gasteiger partial charge in [-0.15, -0.1) is 0 Å². The molecule has 0 spiro atoms. The minimum absolute atomic E-state index is 0.460. The first-order chi connectivity index (χ1) is 12.7. The summed E-state index contributed by atoms with van der Waals surface area (Å²) in [4.78, 5) is 0. The van der Waals surface area contributed by atoms with Crippen LogP contribution in [0.2, 0.25) is 0 Å². The Hall–Kier alpha value is -2.00. The van der Waals surface area contributed by atoms with Crippen molar-refractivity contribution in [1.82, 2.24) is 5.53 Å². The fraction of sp³-hybridized carbons (Fsp3) is 0.500. The topological polar surface area (TPSA) is 36.1 Å². The Morgan fingerprint density at radius 2 is 0.741 bits per heavy atom. The van der Waals surface area contributed by atoms with Gasteiger partial charge < -0.3 is 10.9 Å². The zero-order valence-electron chi connectivity index (χ0n) is 18.3. The van der Waals surface area contributed by atoms with E-state index in [1.54, 1.807) is 0 Å². The Kier molecular flexibility index (Phi) is 7.32. The Balaban J connectivity index is 2.30. The van der Waals surface area contributed by atoms with Crippen LogP contribution in [0, 0.1) is 0 Å². The average molecular weight is 368 g/mol. The molecule has 0 bridgehead atoms. The van der Waals surface area contributed by atoms with Crippen LogP contribution in [0.25, 0.3) is 0 Å². The summed E-state index contributed by atoms with van der Waals surface area (Å²) < 4.78 is 0. The molecule has 0 aromatic heterocycles. The maximum absolute atomic E-state index is 3.46. The molecule has 0 aliphatic heterocycles. The highest BCUT2D eigenvalue weighted by molar-refractivity contribution is 5.62. The molecule has 0 saturated heterocycles. The van der Waals surface area contributed by atoms with E-state index in [9.17, 15) is 0 Å². The largest absolute Gasteiger partial charge is 0.303 e. The smallest absolute Gasteiger partial charge is 0.0574 e. The van der Waals surface area contributed by atoms with E-state index in [1.165, 1.54) is 33.6 Å². The van der Waals surface area contributed by atoms with Crippen LogP contribution in [0.1, 0.15) is 101 Å². The van der Waals surface area contributed by atoms with E-state index in [2.05, 4.69) is 108 Å². The lowest BCUT2D eigenvalue weighted by Gasteiger charge is -2.24. The summed E-state index contributed by atoms with van der Waals surface area (Å²) in [6.45, 7) is 17.9. The van der Waals surface area contributed by atoms with Crippen molar-refractivity contribution < 1.29 is 0 Å². The van der Waals surface area contributed by atoms with E-state index in [1.807, 2.05) is 0 Å². The zero-order chi connectivity index (χ0) is 20.1. The number of hydrogen-bond donors (Lipinski definition) is 3. The number of hydrazine groups is 2. The van der Waals surface area contributed by atoms with Crippen molar-refractivity contribution in [2.24, 2.45) is 0 Å². The first-order valence-electron chi connectivity index (χ1n) is 10.3. The second-order valence-electron chi connectivity index (χ2n) is 8.62. The normalized spacial score (nSPS) is 11.7. The fourth-order valence-corrected chi connectivity index (χ4v) is 3.55. The molecule has 3 nitrogen and oxygen atoms in total. The highest BCUT2D eigenvalue weighted by atomic mass is 15.6. The molecule has 27 heavy (non-hydrogen) atoms. The molecular weight excluding hydrogens is 330 g/mol. The van der Waals surface area contributed by atoms with E-state index >= 15 is 0 Å². The van der Waals surface area contributed by atoms with Crippen LogP contribution in [0.4, 0.5) is 11.4 Å². The van der Waals surface area contributed by atoms with Gasteiger partial charge in [0.05, 0.1) is 11.4 Å². The van der Waals surface area contributed by atoms with E-state index in [0.29, 0.717) is 23.7 Å². The molecular formula is C24H37N3. The van der Waals surface area contributed by atoms with Gasteiger partial charge in [0.15, 0.2) is 0 Å². The predicted molar refractivity (Wildman–Crippen MR) is 120 cm³/mol. The predicted octanol–water partition coefficient (Wildman–Crippen LogP) is 7.12. The highest BCUT2D eigenvalue weighted by Crippen LogP contribution is 2.33. The van der Waals surface area contributed by atoms with Crippen molar-refractivity contribution in [3.63, 3.8) is 0 Å². The Morgan fingerprint density at radius 1 is 0.481 bits per heavy atom. The van der Waals surface area contributed by atoms with Crippen LogP contribution in [-0.4, -0.2) is 0 Å². The number of hydrogen-bond acceptors (Lipinski definition) is 3. The molecule has 0 amide bonds. The Morgan fingerprint density at radius 3 is 0.963 bits per heavy atom. The van der Waals surface area contributed by atoms with Gasteiger partial charge in [-0.2, -0.15) is 5.53 Å². The quantitative estimate of drug-likeness (QED) is 0.434. The molecule has 2 rings (SSSR count). The molecule has 0 heterocycles. The fourth-order valence-electron chi connectivity index (χ4n) is 3.55. The van der Waals surface area contributed by atoms with Crippen molar-refractivity contribution in [3.05, 3.63) is 58.7 Å². The van der Waals surface area contributed by atoms with Gasteiger partial charge in [0, 0.05) is 0 Å². The van der Waals surface area contributed by atoms with Gasteiger partial charge >= 0.3 is 0 Å². The van der Waals surface area contributed by atoms with Crippen molar-refractivity contribution in [1.29, 1.82) is 0 Å². The molecule has 0 fully saturated rings. The van der Waals surface area contributed by atoms with Gasteiger partial charge in [0.2, 0.25) is 0 Å². The van der Waals surface area contributed by atoms with E-state index in [0.717, 1.165) is 0 Å². The molecule has 0 unspecified atom stereocenters. The number of benzene rings is 2. The van der Waals surface area contributed by atoms with Crippen LogP contribution in [-0.2, 0) is 0 Å². The summed E-state index contributed by atoms with van der Waals surface area (Å²) in [7, 11) is 0. The number of nitrogens with one attached hydrogen (secondary N) is 3. The van der Waals surface area contributed by atoms with Crippen molar-refractivity contribution in [3.8, 4) is 0 Å². The van der Waals surface area contributed by atoms with Gasteiger partial charge in [0.1, 0.15) is 0 Å². The first-order valence-corrected chi connectivity index (χ1v) is 10.3. The van der Waals surface area contributed by atoms with Crippen LogP contribution in [0.5, 0.6) is 0 Å². The Bertz CT molecular complexity index is 629. The zero-order valence-corrected chi connectivity index (χ0v) is 18.3. The molecule has 148 valence electrons. The molecule has 0 atom stereocenters. The van der Waals surface area contributed by atoms with Gasteiger partial charge in [-0.1, -0.05) is 91.8 Å². The lowest BCUT2D eigenvalue weighted by molar-refractivity contribution is 0.807. The van der Waals surface area contributed by atoms with Gasteiger partial charge in [-0.05, 0) is 45.9 Å². The summed E-state index contributed by atoms with van der Waals surface area (Å²) >= 11 is 0. The summed E-state index contributed by atoms with van der Waals surface area (Å²) in [6.07, 6.45) is 0. The molecule has 2 aromatic rings. The monoisotopic (exact) mass is 367 g/mol. The summed E-state index contributed by atoms with van der Waals surface area (Å²) in [5.41, 5.74) is 17.9. The second kappa shape index (κ2) is 9.27. The highest BCUT2D eigenvalue weighted by Gasteiger charge is 2.15. The maximum atomic E-state index is 3.46. The molecule has 3 heteroatoms. The van der Waals surface area contributed by atoms with Gasteiger partial charge in [-0.25, -0.2) is 0 Å². The Labute approximate surface area is 165 Å². The third kappa shape index (κ3) is 5.04. The molecule has 0 saturated carbocycles. The number of rotatable bonds is 8. The molecule has 0 aliphatic carbocycles. The van der Waals surface area contributed by atoms with Crippen molar-refractivity contribution >= 4 is 11.4 Å². The number of para-hydroxylation sites is 2. The van der Waals surface area contributed by atoms with Crippen LogP contribution < -0.4 is 16.4 Å². The SMILES string of the molecule is CC(C)c1cccc(C(C)C)c1NNNc1c(C(C)C)cccc1C(C)C. The maximum Gasteiger partial charge on any atom is 0.0574 e. The minimum Gasteiger partial charge on any atom is -0.303 e. The van der Waals surface area contributed by atoms with Crippen molar-refractivity contribution in [2.75, 3.05) is 10.9 Å². The van der Waals surface area contributed by atoms with Gasteiger partial charge in [-0.3, -0.25) is 0 Å². The third-order valence-corrected chi connectivity index (χ3v) is 5.12. The van der Waals surface area contributed by atoms with Crippen LogP contribution >= 0.6 is 0 Å². The van der Waals surface area contributed by atoms with E-state index < -0.39 is 0 Å². The second-order valence-corrected chi connectivity index (χ2v) is 8.62. The lowest BCUT2D eigenvalue weighted by atomic mass is 9.93. The molecule has 0 radical (unpaired) electrons. The molecule has 3 N–H and O–H groups in total. The average Bonchev–Trinajstić information content (AvgIpc) is 2.61.